The smallest absolute Gasteiger partial charge is 0.395 e. The maximum atomic E-state index is 12.7. The zero-order valence-corrected chi connectivity index (χ0v) is 6.78. The molecule has 1 unspecified atom stereocenters. The Morgan fingerprint density at radius 3 is 2.15 bits per heavy atom. The van der Waals surface area contributed by atoms with Crippen LogP contribution in [0.3, 0.4) is 0 Å². The fourth-order valence-corrected chi connectivity index (χ4v) is 0.464. The second kappa shape index (κ2) is 3.91. The van der Waals surface area contributed by atoms with Crippen LogP contribution < -0.4 is 5.32 Å². The molecule has 0 heterocycles. The summed E-state index contributed by atoms with van der Waals surface area (Å²) in [5.41, 5.74) is -3.91. The highest BCUT2D eigenvalue weighted by Gasteiger charge is 2.57. The van der Waals surface area contributed by atoms with E-state index in [1.165, 1.54) is 0 Å². The van der Waals surface area contributed by atoms with E-state index in [9.17, 15) is 22.4 Å². The summed E-state index contributed by atoms with van der Waals surface area (Å²) in [6.07, 6.45) is -5.24. The van der Waals surface area contributed by atoms with Crippen LogP contribution in [0.5, 0.6) is 0 Å². The van der Waals surface area contributed by atoms with Gasteiger partial charge < -0.3 is 10.4 Å². The van der Waals surface area contributed by atoms with Crippen molar-refractivity contribution in [2.45, 2.75) is 18.8 Å². The summed E-state index contributed by atoms with van der Waals surface area (Å²) in [6, 6.07) is 0. The fourth-order valence-electron chi connectivity index (χ4n) is 0.464. The lowest BCUT2D eigenvalue weighted by Gasteiger charge is -2.21. The first-order chi connectivity index (χ1) is 5.73. The molecule has 1 amide bonds. The average molecular weight is 203 g/mol. The largest absolute Gasteiger partial charge is 0.431 e. The van der Waals surface area contributed by atoms with E-state index in [1.807, 2.05) is 0 Å². The predicted molar refractivity (Wildman–Crippen MR) is 35.7 cm³/mol. The summed E-state index contributed by atoms with van der Waals surface area (Å²) in [5.74, 6) is -1.80. The van der Waals surface area contributed by atoms with Gasteiger partial charge in [0.15, 0.2) is 0 Å². The average Bonchev–Trinajstić information content (AvgIpc) is 1.97. The van der Waals surface area contributed by atoms with Gasteiger partial charge in [0, 0.05) is 6.54 Å². The van der Waals surface area contributed by atoms with Gasteiger partial charge in [0.1, 0.15) is 0 Å². The third-order valence-electron chi connectivity index (χ3n) is 1.36. The van der Waals surface area contributed by atoms with Gasteiger partial charge in [0.25, 0.3) is 11.6 Å². The topological polar surface area (TPSA) is 49.3 Å². The lowest BCUT2D eigenvalue weighted by atomic mass is 10.1. The second-order valence-corrected chi connectivity index (χ2v) is 2.48. The van der Waals surface area contributed by atoms with Crippen LogP contribution in [-0.2, 0) is 4.79 Å². The van der Waals surface area contributed by atoms with Crippen LogP contribution in [0.25, 0.3) is 0 Å². The van der Waals surface area contributed by atoms with E-state index in [4.69, 9.17) is 5.11 Å². The number of hydrogen-bond acceptors (Lipinski definition) is 2. The Morgan fingerprint density at radius 1 is 1.38 bits per heavy atom. The molecule has 7 heteroatoms. The van der Waals surface area contributed by atoms with Gasteiger partial charge in [-0.25, -0.2) is 4.39 Å². The number of rotatable bonds is 3. The van der Waals surface area contributed by atoms with Crippen LogP contribution in [0, 0.1) is 0 Å². The minimum absolute atomic E-state index is 0.125. The molecule has 0 fully saturated rings. The Balaban J connectivity index is 4.37. The number of amides is 1. The van der Waals surface area contributed by atoms with Crippen molar-refractivity contribution < 1.29 is 27.5 Å². The van der Waals surface area contributed by atoms with Crippen molar-refractivity contribution in [2.24, 2.45) is 0 Å². The molecule has 78 valence electrons. The molecule has 0 aromatic carbocycles. The monoisotopic (exact) mass is 203 g/mol. The van der Waals surface area contributed by atoms with Crippen molar-refractivity contribution in [2.75, 3.05) is 13.2 Å². The van der Waals surface area contributed by atoms with Gasteiger partial charge in [-0.1, -0.05) is 0 Å². The van der Waals surface area contributed by atoms with E-state index < -0.39 is 30.9 Å². The number of carbonyl (C=O) groups is 1. The third kappa shape index (κ3) is 2.83. The van der Waals surface area contributed by atoms with Crippen molar-refractivity contribution in [3.63, 3.8) is 0 Å². The molecule has 0 spiro atoms. The van der Waals surface area contributed by atoms with Gasteiger partial charge in [0.2, 0.25) is 0 Å². The lowest BCUT2D eigenvalue weighted by molar-refractivity contribution is -0.221. The van der Waals surface area contributed by atoms with Gasteiger partial charge in [-0.3, -0.25) is 4.79 Å². The molecule has 0 aromatic rings. The summed E-state index contributed by atoms with van der Waals surface area (Å²) in [6.45, 7) is -0.826. The molecule has 0 rings (SSSR count). The number of carbonyl (C=O) groups excluding carboxylic acids is 1. The maximum Gasteiger partial charge on any atom is 0.431 e. The van der Waals surface area contributed by atoms with Crippen molar-refractivity contribution in [3.05, 3.63) is 0 Å². The Labute approximate surface area is 71.7 Å². The van der Waals surface area contributed by atoms with E-state index in [0.717, 1.165) is 0 Å². The molecule has 13 heavy (non-hydrogen) atoms. The van der Waals surface area contributed by atoms with Crippen molar-refractivity contribution in [1.82, 2.24) is 5.32 Å². The van der Waals surface area contributed by atoms with Crippen molar-refractivity contribution in [1.29, 1.82) is 0 Å². The van der Waals surface area contributed by atoms with E-state index in [2.05, 4.69) is 0 Å². The molecule has 0 radical (unpaired) electrons. The van der Waals surface area contributed by atoms with E-state index in [1.54, 1.807) is 5.32 Å². The van der Waals surface area contributed by atoms with Gasteiger partial charge in [0.05, 0.1) is 6.61 Å². The van der Waals surface area contributed by atoms with Crippen LogP contribution in [-0.4, -0.2) is 36.0 Å². The number of alkyl halides is 4. The fraction of sp³-hybridized carbons (Fsp3) is 0.833. The SMILES string of the molecule is CC(F)(C(=O)NCCO)C(F)(F)F. The van der Waals surface area contributed by atoms with Crippen molar-refractivity contribution in [3.8, 4) is 0 Å². The highest BCUT2D eigenvalue weighted by Crippen LogP contribution is 2.33. The molecule has 2 N–H and O–H groups in total. The highest BCUT2D eigenvalue weighted by atomic mass is 19.4. The summed E-state index contributed by atoms with van der Waals surface area (Å²) >= 11 is 0. The van der Waals surface area contributed by atoms with Gasteiger partial charge in [-0.15, -0.1) is 0 Å². The molecular weight excluding hydrogens is 194 g/mol. The molecule has 0 aliphatic carbocycles. The Hall–Kier alpha value is -0.850. The van der Waals surface area contributed by atoms with E-state index in [0.29, 0.717) is 0 Å². The normalized spacial score (nSPS) is 16.5. The number of nitrogens with one attached hydrogen (secondary N) is 1. The molecule has 0 aliphatic heterocycles. The van der Waals surface area contributed by atoms with Gasteiger partial charge >= 0.3 is 6.18 Å². The van der Waals surface area contributed by atoms with E-state index >= 15 is 0 Å². The number of halogens is 4. The van der Waals surface area contributed by atoms with Gasteiger partial charge in [-0.05, 0) is 6.92 Å². The summed E-state index contributed by atoms with van der Waals surface area (Å²) in [7, 11) is 0. The third-order valence-corrected chi connectivity index (χ3v) is 1.36. The molecule has 1 atom stereocenters. The lowest BCUT2D eigenvalue weighted by Crippen LogP contribution is -2.51. The summed E-state index contributed by atoms with van der Waals surface area (Å²) in [5, 5.41) is 9.76. The van der Waals surface area contributed by atoms with E-state index in [-0.39, 0.29) is 6.92 Å². The zero-order chi connectivity index (χ0) is 10.7. The number of aliphatic hydroxyl groups is 1. The van der Waals surface area contributed by atoms with Crippen LogP contribution in [0.2, 0.25) is 0 Å². The minimum atomic E-state index is -5.24. The molecule has 0 aliphatic rings. The number of aliphatic hydroxyl groups excluding tert-OH is 1. The first-order valence-electron chi connectivity index (χ1n) is 3.38. The first kappa shape index (κ1) is 12.2. The first-order valence-corrected chi connectivity index (χ1v) is 3.38. The van der Waals surface area contributed by atoms with Crippen molar-refractivity contribution >= 4 is 5.91 Å². The molecule has 0 aromatic heterocycles. The molecule has 0 saturated heterocycles. The zero-order valence-electron chi connectivity index (χ0n) is 6.78. The van der Waals surface area contributed by atoms with Crippen LogP contribution in [0.1, 0.15) is 6.92 Å². The number of hydrogen-bond donors (Lipinski definition) is 2. The Morgan fingerprint density at radius 2 is 1.85 bits per heavy atom. The standard InChI is InChI=1S/C6H9F4NO2/c1-5(7,6(8,9)10)4(13)11-2-3-12/h12H,2-3H2,1H3,(H,11,13). The molecule has 0 saturated carbocycles. The molecule has 3 nitrogen and oxygen atoms in total. The van der Waals surface area contributed by atoms with Crippen LogP contribution in [0.4, 0.5) is 17.6 Å². The molecular formula is C6H9F4NO2. The highest BCUT2D eigenvalue weighted by molar-refractivity contribution is 5.85. The second-order valence-electron chi connectivity index (χ2n) is 2.48. The molecule has 0 bridgehead atoms. The minimum Gasteiger partial charge on any atom is -0.395 e. The Kier molecular flexibility index (Phi) is 3.65. The summed E-state index contributed by atoms with van der Waals surface area (Å²) < 4.78 is 48.1. The quantitative estimate of drug-likeness (QED) is 0.651. The predicted octanol–water partition coefficient (Wildman–Crippen LogP) is 0.385. The van der Waals surface area contributed by atoms with Crippen LogP contribution in [0.15, 0.2) is 0 Å². The summed E-state index contributed by atoms with van der Waals surface area (Å²) in [4.78, 5) is 10.6. The Bertz CT molecular complexity index is 190. The van der Waals surface area contributed by atoms with Gasteiger partial charge in [-0.2, -0.15) is 13.2 Å². The van der Waals surface area contributed by atoms with Crippen LogP contribution >= 0.6 is 0 Å². The maximum absolute atomic E-state index is 12.7.